The third-order valence-corrected chi connectivity index (χ3v) is 8.94. The summed E-state index contributed by atoms with van der Waals surface area (Å²) in [5.74, 6) is 0. The third-order valence-electron chi connectivity index (χ3n) is 8.94. The molecule has 0 aliphatic rings. The van der Waals surface area contributed by atoms with Crippen molar-refractivity contribution in [3.05, 3.63) is 170 Å². The standard InChI is InChI=1S/C42H28N2/c1-3-11-29(12-4-1)31-19-23-33(24-20-31)43(34-25-21-32(22-26-34)30-13-5-2-6-14-30)40-28-27-36-35-15-7-9-17-38(35)44-39-18-10-8-16-37(39)41(40)42(36)44/h1-28H. The molecule has 0 spiro atoms. The van der Waals surface area contributed by atoms with Crippen LogP contribution in [0.4, 0.5) is 17.1 Å². The predicted molar refractivity (Wildman–Crippen MR) is 187 cm³/mol. The SMILES string of the molecule is c1ccc(-c2ccc(N(c3ccc(-c4ccccc4)cc3)c3ccc4c5ccccc5n5c6ccccc6c3c45)cc2)cc1. The van der Waals surface area contributed by atoms with Crippen molar-refractivity contribution in [2.24, 2.45) is 0 Å². The molecule has 2 nitrogen and oxygen atoms in total. The Morgan fingerprint density at radius 1 is 0.341 bits per heavy atom. The van der Waals surface area contributed by atoms with Crippen LogP contribution in [0, 0.1) is 0 Å². The van der Waals surface area contributed by atoms with E-state index in [9.17, 15) is 0 Å². The van der Waals surface area contributed by atoms with E-state index >= 15 is 0 Å². The zero-order valence-electron chi connectivity index (χ0n) is 24.1. The van der Waals surface area contributed by atoms with Crippen molar-refractivity contribution in [3.8, 4) is 22.3 Å². The van der Waals surface area contributed by atoms with E-state index in [1.807, 2.05) is 0 Å². The minimum absolute atomic E-state index is 1.12. The van der Waals surface area contributed by atoms with Gasteiger partial charge >= 0.3 is 0 Å². The number of anilines is 3. The van der Waals surface area contributed by atoms with Gasteiger partial charge in [0.05, 0.1) is 22.2 Å². The smallest absolute Gasteiger partial charge is 0.0641 e. The fraction of sp³-hybridized carbons (Fsp3) is 0. The Labute approximate surface area is 256 Å². The lowest BCUT2D eigenvalue weighted by atomic mass is 10.0. The second-order valence-electron chi connectivity index (χ2n) is 11.4. The Kier molecular flexibility index (Phi) is 5.54. The van der Waals surface area contributed by atoms with Gasteiger partial charge < -0.3 is 9.30 Å². The molecule has 0 amide bonds. The lowest BCUT2D eigenvalue weighted by Gasteiger charge is -2.27. The first-order valence-corrected chi connectivity index (χ1v) is 15.1. The van der Waals surface area contributed by atoms with Crippen molar-refractivity contribution in [2.45, 2.75) is 0 Å². The van der Waals surface area contributed by atoms with E-state index in [1.54, 1.807) is 0 Å². The molecule has 2 heterocycles. The number of nitrogens with zero attached hydrogens (tertiary/aromatic N) is 2. The maximum absolute atomic E-state index is 2.45. The summed E-state index contributed by atoms with van der Waals surface area (Å²) in [6, 6.07) is 61.3. The van der Waals surface area contributed by atoms with Crippen molar-refractivity contribution in [1.29, 1.82) is 0 Å². The molecule has 0 N–H and O–H groups in total. The van der Waals surface area contributed by atoms with E-state index in [-0.39, 0.29) is 0 Å². The molecule has 0 aliphatic heterocycles. The Balaban J connectivity index is 1.30. The van der Waals surface area contributed by atoms with E-state index in [1.165, 1.54) is 66.0 Å². The molecule has 2 heteroatoms. The van der Waals surface area contributed by atoms with Gasteiger partial charge in [-0.15, -0.1) is 0 Å². The van der Waals surface area contributed by atoms with Crippen molar-refractivity contribution in [3.63, 3.8) is 0 Å². The maximum Gasteiger partial charge on any atom is 0.0641 e. The van der Waals surface area contributed by atoms with E-state index in [0.29, 0.717) is 0 Å². The third kappa shape index (κ3) is 3.75. The van der Waals surface area contributed by atoms with E-state index in [0.717, 1.165) is 11.4 Å². The predicted octanol–water partition coefficient (Wildman–Crippen LogP) is 11.6. The van der Waals surface area contributed by atoms with Gasteiger partial charge in [-0.25, -0.2) is 0 Å². The Bertz CT molecular complexity index is 2320. The monoisotopic (exact) mass is 560 g/mol. The summed E-state index contributed by atoms with van der Waals surface area (Å²) in [5, 5.41) is 5.11. The van der Waals surface area contributed by atoms with Crippen LogP contribution in [0.2, 0.25) is 0 Å². The van der Waals surface area contributed by atoms with Gasteiger partial charge in [0.2, 0.25) is 0 Å². The second-order valence-corrected chi connectivity index (χ2v) is 11.4. The number of rotatable bonds is 5. The molecular formula is C42H28N2. The van der Waals surface area contributed by atoms with Crippen LogP contribution in [0.5, 0.6) is 0 Å². The fourth-order valence-corrected chi connectivity index (χ4v) is 6.92. The summed E-state index contributed by atoms with van der Waals surface area (Å²) in [5.41, 5.74) is 12.0. The summed E-state index contributed by atoms with van der Waals surface area (Å²) in [4.78, 5) is 2.42. The molecule has 0 radical (unpaired) electrons. The second kappa shape index (κ2) is 9.86. The van der Waals surface area contributed by atoms with E-state index in [4.69, 9.17) is 0 Å². The highest BCUT2D eigenvalue weighted by atomic mass is 15.1. The number of fused-ring (bicyclic) bond motifs is 6. The maximum atomic E-state index is 2.45. The van der Waals surface area contributed by atoms with Crippen LogP contribution in [0.1, 0.15) is 0 Å². The van der Waals surface area contributed by atoms with Crippen LogP contribution < -0.4 is 4.90 Å². The lowest BCUT2D eigenvalue weighted by Crippen LogP contribution is -2.10. The molecule has 9 rings (SSSR count). The topological polar surface area (TPSA) is 7.65 Å². The number of hydrogen-bond acceptors (Lipinski definition) is 1. The number of benzene rings is 7. The minimum Gasteiger partial charge on any atom is -0.310 e. The fourth-order valence-electron chi connectivity index (χ4n) is 6.92. The zero-order chi connectivity index (χ0) is 29.0. The molecule has 0 bridgehead atoms. The summed E-state index contributed by atoms with van der Waals surface area (Å²) in [6.45, 7) is 0. The van der Waals surface area contributed by atoms with Crippen molar-refractivity contribution < 1.29 is 0 Å². The number of hydrogen-bond donors (Lipinski definition) is 0. The first-order chi connectivity index (χ1) is 21.8. The van der Waals surface area contributed by atoms with Crippen molar-refractivity contribution in [2.75, 3.05) is 4.90 Å². The average Bonchev–Trinajstić information content (AvgIpc) is 3.63. The normalized spacial score (nSPS) is 11.6. The molecule has 0 saturated carbocycles. The number of para-hydroxylation sites is 2. The highest BCUT2D eigenvalue weighted by Crippen LogP contribution is 2.47. The summed E-state index contributed by atoms with van der Waals surface area (Å²) < 4.78 is 2.45. The minimum atomic E-state index is 1.12. The van der Waals surface area contributed by atoms with Crippen LogP contribution in [-0.2, 0) is 0 Å². The van der Waals surface area contributed by atoms with Gasteiger partial charge in [-0.3, -0.25) is 0 Å². The average molecular weight is 561 g/mol. The Hall–Kier alpha value is -5.86. The zero-order valence-corrected chi connectivity index (χ0v) is 24.1. The van der Waals surface area contributed by atoms with Crippen LogP contribution in [0.3, 0.4) is 0 Å². The van der Waals surface area contributed by atoms with E-state index in [2.05, 4.69) is 179 Å². The van der Waals surface area contributed by atoms with Gasteiger partial charge in [-0.05, 0) is 64.7 Å². The molecule has 0 saturated heterocycles. The van der Waals surface area contributed by atoms with Crippen LogP contribution in [-0.4, -0.2) is 4.40 Å². The van der Waals surface area contributed by atoms with Gasteiger partial charge in [-0.1, -0.05) is 127 Å². The summed E-state index contributed by atoms with van der Waals surface area (Å²) >= 11 is 0. The molecule has 2 aromatic heterocycles. The Morgan fingerprint density at radius 2 is 0.795 bits per heavy atom. The molecule has 44 heavy (non-hydrogen) atoms. The van der Waals surface area contributed by atoms with Crippen molar-refractivity contribution >= 4 is 55.2 Å². The lowest BCUT2D eigenvalue weighted by molar-refractivity contribution is 1.30. The van der Waals surface area contributed by atoms with Crippen LogP contribution in [0.15, 0.2) is 170 Å². The summed E-state index contributed by atoms with van der Waals surface area (Å²) in [6.07, 6.45) is 0. The summed E-state index contributed by atoms with van der Waals surface area (Å²) in [7, 11) is 0. The molecule has 206 valence electrons. The highest BCUT2D eigenvalue weighted by molar-refractivity contribution is 6.27. The molecule has 0 aliphatic carbocycles. The molecule has 0 unspecified atom stereocenters. The van der Waals surface area contributed by atoms with Crippen LogP contribution >= 0.6 is 0 Å². The molecule has 0 fully saturated rings. The molecular weight excluding hydrogens is 532 g/mol. The molecule has 7 aromatic carbocycles. The highest BCUT2D eigenvalue weighted by Gasteiger charge is 2.23. The first-order valence-electron chi connectivity index (χ1n) is 15.1. The number of aromatic nitrogens is 1. The van der Waals surface area contributed by atoms with Crippen LogP contribution in [0.25, 0.3) is 60.3 Å². The molecule has 9 aromatic rings. The first kappa shape index (κ1) is 24.7. The van der Waals surface area contributed by atoms with Gasteiger partial charge in [0.15, 0.2) is 0 Å². The quantitative estimate of drug-likeness (QED) is 0.203. The Morgan fingerprint density at radius 3 is 1.36 bits per heavy atom. The van der Waals surface area contributed by atoms with Gasteiger partial charge in [0.1, 0.15) is 0 Å². The largest absolute Gasteiger partial charge is 0.310 e. The van der Waals surface area contributed by atoms with E-state index < -0.39 is 0 Å². The molecule has 0 atom stereocenters. The van der Waals surface area contributed by atoms with Gasteiger partial charge in [-0.2, -0.15) is 0 Å². The van der Waals surface area contributed by atoms with Gasteiger partial charge in [0.25, 0.3) is 0 Å². The van der Waals surface area contributed by atoms with Gasteiger partial charge in [0, 0.05) is 32.9 Å². The van der Waals surface area contributed by atoms with Crippen molar-refractivity contribution in [1.82, 2.24) is 4.40 Å².